The molecule has 1 heterocycles. The summed E-state index contributed by atoms with van der Waals surface area (Å²) < 4.78 is 10.2. The van der Waals surface area contributed by atoms with Gasteiger partial charge in [-0.15, -0.1) is 0 Å². The van der Waals surface area contributed by atoms with E-state index in [1.807, 2.05) is 18.2 Å². The van der Waals surface area contributed by atoms with E-state index in [1.54, 1.807) is 14.2 Å². The normalized spacial score (nSPS) is 10.9. The van der Waals surface area contributed by atoms with Crippen molar-refractivity contribution in [3.05, 3.63) is 23.9 Å². The van der Waals surface area contributed by atoms with E-state index >= 15 is 0 Å². The second kappa shape index (κ2) is 8.85. The molecule has 1 aromatic rings. The van der Waals surface area contributed by atoms with Gasteiger partial charge in [-0.3, -0.25) is 4.90 Å². The molecule has 0 radical (unpaired) electrons. The molecular weight excluding hydrogens is 230 g/mol. The summed E-state index contributed by atoms with van der Waals surface area (Å²) in [6, 6.07) is 5.81. The highest BCUT2D eigenvalue weighted by Gasteiger charge is 2.07. The summed E-state index contributed by atoms with van der Waals surface area (Å²) in [6.45, 7) is 4.05. The second-order valence-corrected chi connectivity index (χ2v) is 4.08. The van der Waals surface area contributed by atoms with Crippen LogP contribution in [-0.2, 0) is 11.3 Å². The summed E-state index contributed by atoms with van der Waals surface area (Å²) in [5.41, 5.74) is 6.55. The van der Waals surface area contributed by atoms with E-state index in [2.05, 4.69) is 9.88 Å². The van der Waals surface area contributed by atoms with Gasteiger partial charge in [0, 0.05) is 26.3 Å². The Morgan fingerprint density at radius 2 is 2.11 bits per heavy atom. The molecule has 0 bridgehead atoms. The standard InChI is InChI=1S/C13H23N3O2/c1-17-10-9-16(8-4-7-14)11-12-5-3-6-13(15-12)18-2/h3,5-6H,4,7-11,14H2,1-2H3. The molecule has 0 aliphatic rings. The van der Waals surface area contributed by atoms with Crippen LogP contribution in [0.4, 0.5) is 0 Å². The van der Waals surface area contributed by atoms with Crippen LogP contribution in [0.2, 0.25) is 0 Å². The van der Waals surface area contributed by atoms with Gasteiger partial charge in [-0.05, 0) is 25.6 Å². The average molecular weight is 253 g/mol. The predicted octanol–water partition coefficient (Wildman–Crippen LogP) is 0.887. The van der Waals surface area contributed by atoms with Crippen molar-refractivity contribution in [2.75, 3.05) is 40.5 Å². The first kappa shape index (κ1) is 14.9. The Hall–Kier alpha value is -1.17. The van der Waals surface area contributed by atoms with E-state index in [9.17, 15) is 0 Å². The Balaban J connectivity index is 2.56. The second-order valence-electron chi connectivity index (χ2n) is 4.08. The summed E-state index contributed by atoms with van der Waals surface area (Å²) in [6.07, 6.45) is 0.980. The van der Waals surface area contributed by atoms with Crippen molar-refractivity contribution in [2.45, 2.75) is 13.0 Å². The van der Waals surface area contributed by atoms with E-state index < -0.39 is 0 Å². The third kappa shape index (κ3) is 5.44. The minimum absolute atomic E-state index is 0.651. The first-order chi connectivity index (χ1) is 8.80. The maximum atomic E-state index is 5.55. The van der Waals surface area contributed by atoms with Crippen LogP contribution in [0.5, 0.6) is 5.88 Å². The van der Waals surface area contributed by atoms with Crippen molar-refractivity contribution in [1.82, 2.24) is 9.88 Å². The number of pyridine rings is 1. The smallest absolute Gasteiger partial charge is 0.213 e. The van der Waals surface area contributed by atoms with Gasteiger partial charge in [0.25, 0.3) is 0 Å². The van der Waals surface area contributed by atoms with E-state index in [-0.39, 0.29) is 0 Å². The predicted molar refractivity (Wildman–Crippen MR) is 71.6 cm³/mol. The highest BCUT2D eigenvalue weighted by Crippen LogP contribution is 2.09. The summed E-state index contributed by atoms with van der Waals surface area (Å²) in [4.78, 5) is 6.70. The van der Waals surface area contributed by atoms with Crippen LogP contribution >= 0.6 is 0 Å². The Morgan fingerprint density at radius 3 is 2.78 bits per heavy atom. The number of methoxy groups -OCH3 is 2. The number of rotatable bonds is 9. The Labute approximate surface area is 109 Å². The molecule has 0 aromatic carbocycles. The van der Waals surface area contributed by atoms with Crippen LogP contribution in [-0.4, -0.2) is 50.3 Å². The molecule has 0 atom stereocenters. The fourth-order valence-electron chi connectivity index (χ4n) is 1.69. The largest absolute Gasteiger partial charge is 0.481 e. The molecule has 0 aliphatic carbocycles. The molecule has 0 unspecified atom stereocenters. The Kier molecular flexibility index (Phi) is 7.32. The molecule has 5 nitrogen and oxygen atoms in total. The van der Waals surface area contributed by atoms with Gasteiger partial charge in [0.15, 0.2) is 0 Å². The van der Waals surface area contributed by atoms with Crippen molar-refractivity contribution in [3.8, 4) is 5.88 Å². The molecule has 1 rings (SSSR count). The van der Waals surface area contributed by atoms with E-state index in [0.717, 1.165) is 31.7 Å². The zero-order valence-electron chi connectivity index (χ0n) is 11.3. The fraction of sp³-hybridized carbons (Fsp3) is 0.615. The van der Waals surface area contributed by atoms with E-state index in [1.165, 1.54) is 0 Å². The van der Waals surface area contributed by atoms with Crippen LogP contribution in [0.15, 0.2) is 18.2 Å². The van der Waals surface area contributed by atoms with Crippen LogP contribution in [0.3, 0.4) is 0 Å². The molecule has 0 amide bonds. The van der Waals surface area contributed by atoms with Crippen molar-refractivity contribution in [1.29, 1.82) is 0 Å². The van der Waals surface area contributed by atoms with Gasteiger partial charge in [-0.25, -0.2) is 4.98 Å². The highest BCUT2D eigenvalue weighted by molar-refractivity contribution is 5.15. The summed E-state index contributed by atoms with van der Waals surface area (Å²) in [5, 5.41) is 0. The topological polar surface area (TPSA) is 60.6 Å². The first-order valence-electron chi connectivity index (χ1n) is 6.21. The molecule has 18 heavy (non-hydrogen) atoms. The van der Waals surface area contributed by atoms with Crippen LogP contribution in [0, 0.1) is 0 Å². The number of nitrogens with two attached hydrogens (primary N) is 1. The van der Waals surface area contributed by atoms with Crippen molar-refractivity contribution >= 4 is 0 Å². The lowest BCUT2D eigenvalue weighted by Crippen LogP contribution is -2.29. The maximum absolute atomic E-state index is 5.55. The molecule has 0 spiro atoms. The highest BCUT2D eigenvalue weighted by atomic mass is 16.5. The maximum Gasteiger partial charge on any atom is 0.213 e. The van der Waals surface area contributed by atoms with Crippen molar-refractivity contribution in [2.24, 2.45) is 5.73 Å². The Morgan fingerprint density at radius 1 is 1.28 bits per heavy atom. The van der Waals surface area contributed by atoms with Crippen molar-refractivity contribution < 1.29 is 9.47 Å². The van der Waals surface area contributed by atoms with Gasteiger partial charge >= 0.3 is 0 Å². The van der Waals surface area contributed by atoms with E-state index in [4.69, 9.17) is 15.2 Å². The molecule has 5 heteroatoms. The number of hydrogen-bond acceptors (Lipinski definition) is 5. The van der Waals surface area contributed by atoms with Crippen LogP contribution in [0.1, 0.15) is 12.1 Å². The number of aromatic nitrogens is 1. The van der Waals surface area contributed by atoms with Gasteiger partial charge in [-0.1, -0.05) is 6.07 Å². The van der Waals surface area contributed by atoms with Gasteiger partial charge in [0.05, 0.1) is 19.4 Å². The molecule has 1 aromatic heterocycles. The molecule has 2 N–H and O–H groups in total. The summed E-state index contributed by atoms with van der Waals surface area (Å²) in [7, 11) is 3.34. The fourth-order valence-corrected chi connectivity index (χ4v) is 1.69. The molecule has 0 aliphatic heterocycles. The lowest BCUT2D eigenvalue weighted by Gasteiger charge is -2.21. The minimum Gasteiger partial charge on any atom is -0.481 e. The lowest BCUT2D eigenvalue weighted by molar-refractivity contribution is 0.142. The molecule has 102 valence electrons. The summed E-state index contributed by atoms with van der Waals surface area (Å²) in [5.74, 6) is 0.651. The van der Waals surface area contributed by atoms with E-state index in [0.29, 0.717) is 19.0 Å². The molecule has 0 saturated heterocycles. The lowest BCUT2D eigenvalue weighted by atomic mass is 10.3. The quantitative estimate of drug-likeness (QED) is 0.708. The van der Waals surface area contributed by atoms with Gasteiger partial charge in [0.1, 0.15) is 0 Å². The monoisotopic (exact) mass is 253 g/mol. The van der Waals surface area contributed by atoms with Gasteiger partial charge < -0.3 is 15.2 Å². The molecular formula is C13H23N3O2. The third-order valence-electron chi connectivity index (χ3n) is 2.67. The van der Waals surface area contributed by atoms with Crippen LogP contribution in [0.25, 0.3) is 0 Å². The number of nitrogens with zero attached hydrogens (tertiary/aromatic N) is 2. The average Bonchev–Trinajstić information content (AvgIpc) is 2.42. The molecule has 0 fully saturated rings. The third-order valence-corrected chi connectivity index (χ3v) is 2.67. The summed E-state index contributed by atoms with van der Waals surface area (Å²) >= 11 is 0. The number of ether oxygens (including phenoxy) is 2. The van der Waals surface area contributed by atoms with Gasteiger partial charge in [-0.2, -0.15) is 0 Å². The zero-order chi connectivity index (χ0) is 13.2. The molecule has 0 saturated carbocycles. The minimum atomic E-state index is 0.651. The van der Waals surface area contributed by atoms with Gasteiger partial charge in [0.2, 0.25) is 5.88 Å². The zero-order valence-corrected chi connectivity index (χ0v) is 11.3. The first-order valence-corrected chi connectivity index (χ1v) is 6.21. The van der Waals surface area contributed by atoms with Crippen molar-refractivity contribution in [3.63, 3.8) is 0 Å². The number of hydrogen-bond donors (Lipinski definition) is 1. The Bertz CT molecular complexity index is 326. The SMILES string of the molecule is COCCN(CCCN)Cc1cccc(OC)n1. The van der Waals surface area contributed by atoms with Crippen LogP contribution < -0.4 is 10.5 Å².